The van der Waals surface area contributed by atoms with Gasteiger partial charge >= 0.3 is 6.09 Å². The molecule has 1 unspecified atom stereocenters. The van der Waals surface area contributed by atoms with Gasteiger partial charge in [-0.3, -0.25) is 9.79 Å². The Bertz CT molecular complexity index is 555. The Balaban J connectivity index is 0.00000841. The highest BCUT2D eigenvalue weighted by Crippen LogP contribution is 2.20. The third-order valence-electron chi connectivity index (χ3n) is 4.95. The molecule has 176 valence electrons. The lowest BCUT2D eigenvalue weighted by Crippen LogP contribution is -2.48. The van der Waals surface area contributed by atoms with Crippen LogP contribution >= 0.6 is 24.0 Å². The van der Waals surface area contributed by atoms with E-state index < -0.39 is 11.7 Å². The van der Waals surface area contributed by atoms with Crippen molar-refractivity contribution in [3.63, 3.8) is 0 Å². The molecule has 1 aliphatic rings. The molecule has 9 heteroatoms. The normalized spacial score (nSPS) is 16.5. The second kappa shape index (κ2) is 13.9. The molecule has 3 N–H and O–H groups in total. The van der Waals surface area contributed by atoms with Crippen molar-refractivity contribution in [2.45, 2.75) is 72.4 Å². The zero-order valence-corrected chi connectivity index (χ0v) is 22.0. The van der Waals surface area contributed by atoms with Crippen LogP contribution < -0.4 is 16.0 Å². The Hall–Kier alpha value is -1.26. The smallest absolute Gasteiger partial charge is 0.407 e. The molecule has 0 aromatic carbocycles. The van der Waals surface area contributed by atoms with Crippen LogP contribution in [0.5, 0.6) is 0 Å². The number of piperidine rings is 1. The molecule has 1 aliphatic heterocycles. The van der Waals surface area contributed by atoms with Gasteiger partial charge in [-0.2, -0.15) is 0 Å². The molecule has 0 bridgehead atoms. The number of hydrogen-bond donors (Lipinski definition) is 3. The maximum Gasteiger partial charge on any atom is 0.407 e. The van der Waals surface area contributed by atoms with E-state index in [0.29, 0.717) is 18.9 Å². The van der Waals surface area contributed by atoms with Crippen molar-refractivity contribution < 1.29 is 14.3 Å². The Kier molecular flexibility index (Phi) is 13.3. The van der Waals surface area contributed by atoms with Crippen molar-refractivity contribution in [2.24, 2.45) is 16.8 Å². The van der Waals surface area contributed by atoms with E-state index in [-0.39, 0.29) is 41.8 Å². The summed E-state index contributed by atoms with van der Waals surface area (Å²) in [5.74, 6) is 1.62. The van der Waals surface area contributed by atoms with Gasteiger partial charge in [-0.25, -0.2) is 4.79 Å². The number of rotatable bonds is 7. The van der Waals surface area contributed by atoms with Crippen LogP contribution in [0.4, 0.5) is 4.79 Å². The SMILES string of the molecule is CCNC(=NCC(NC(=O)OC(C)(C)C)C(C)C)N1CCC(CC(=O)NC)CC1.I. The average molecular weight is 540 g/mol. The fraction of sp³-hybridized carbons (Fsp3) is 0.857. The first-order valence-electron chi connectivity index (χ1n) is 10.8. The van der Waals surface area contributed by atoms with E-state index in [1.807, 2.05) is 27.7 Å². The van der Waals surface area contributed by atoms with Crippen molar-refractivity contribution in [3.8, 4) is 0 Å². The minimum absolute atomic E-state index is 0. The minimum atomic E-state index is -0.525. The third-order valence-corrected chi connectivity index (χ3v) is 4.95. The Morgan fingerprint density at radius 2 is 1.80 bits per heavy atom. The number of nitrogens with one attached hydrogen (secondary N) is 3. The van der Waals surface area contributed by atoms with Crippen LogP contribution in [-0.4, -0.2) is 67.7 Å². The van der Waals surface area contributed by atoms with Gasteiger partial charge in [-0.05, 0) is 52.4 Å². The molecule has 8 nitrogen and oxygen atoms in total. The van der Waals surface area contributed by atoms with E-state index in [2.05, 4.69) is 34.7 Å². The molecule has 1 fully saturated rings. The lowest BCUT2D eigenvalue weighted by molar-refractivity contribution is -0.121. The van der Waals surface area contributed by atoms with Gasteiger partial charge in [0.05, 0.1) is 12.6 Å². The first kappa shape index (κ1) is 28.7. The van der Waals surface area contributed by atoms with Crippen LogP contribution in [0.3, 0.4) is 0 Å². The number of amides is 2. The summed E-state index contributed by atoms with van der Waals surface area (Å²) in [6, 6.07) is -0.107. The second-order valence-corrected chi connectivity index (χ2v) is 9.00. The first-order chi connectivity index (χ1) is 13.6. The molecule has 0 aliphatic carbocycles. The number of carbonyl (C=O) groups is 2. The zero-order chi connectivity index (χ0) is 22.0. The molecular formula is C21H42IN5O3. The number of likely N-dealkylation sites (tertiary alicyclic amines) is 1. The maximum absolute atomic E-state index is 12.2. The number of carbonyl (C=O) groups excluding carboxylic acids is 2. The third kappa shape index (κ3) is 11.2. The lowest BCUT2D eigenvalue weighted by atomic mass is 9.93. The second-order valence-electron chi connectivity index (χ2n) is 9.00. The Morgan fingerprint density at radius 3 is 2.27 bits per heavy atom. The highest BCUT2D eigenvalue weighted by atomic mass is 127. The number of hydrogen-bond acceptors (Lipinski definition) is 4. The summed E-state index contributed by atoms with van der Waals surface area (Å²) in [6.45, 7) is 14.7. The standard InChI is InChI=1S/C21H41N5O3.HI/c1-8-23-19(26-11-9-16(10-12-26)13-18(27)22-7)24-14-17(15(2)3)25-20(28)29-21(4,5)6;/h15-17H,8-14H2,1-7H3,(H,22,27)(H,23,24)(H,25,28);1H. The van der Waals surface area contributed by atoms with Crippen LogP contribution in [0, 0.1) is 11.8 Å². The highest BCUT2D eigenvalue weighted by Gasteiger charge is 2.25. The van der Waals surface area contributed by atoms with Gasteiger partial charge < -0.3 is 25.6 Å². The topological polar surface area (TPSA) is 95.1 Å². The average Bonchev–Trinajstić information content (AvgIpc) is 2.62. The van der Waals surface area contributed by atoms with Crippen molar-refractivity contribution in [1.82, 2.24) is 20.9 Å². The molecule has 1 heterocycles. The van der Waals surface area contributed by atoms with Gasteiger partial charge in [0.15, 0.2) is 5.96 Å². The van der Waals surface area contributed by atoms with Crippen LogP contribution in [0.1, 0.15) is 60.8 Å². The van der Waals surface area contributed by atoms with E-state index in [0.717, 1.165) is 38.4 Å². The molecule has 0 spiro atoms. The summed E-state index contributed by atoms with van der Waals surface area (Å²) in [5.41, 5.74) is -0.525. The van der Waals surface area contributed by atoms with Gasteiger partial charge in [0, 0.05) is 33.1 Å². The highest BCUT2D eigenvalue weighted by molar-refractivity contribution is 14.0. The lowest BCUT2D eigenvalue weighted by Gasteiger charge is -2.34. The van der Waals surface area contributed by atoms with Gasteiger partial charge in [0.25, 0.3) is 0 Å². The van der Waals surface area contributed by atoms with Gasteiger partial charge in [-0.1, -0.05) is 13.8 Å². The van der Waals surface area contributed by atoms with Crippen LogP contribution in [0.15, 0.2) is 4.99 Å². The van der Waals surface area contributed by atoms with E-state index >= 15 is 0 Å². The Morgan fingerprint density at radius 1 is 1.20 bits per heavy atom. The maximum atomic E-state index is 12.2. The molecule has 2 amide bonds. The van der Waals surface area contributed by atoms with Crippen molar-refractivity contribution in [3.05, 3.63) is 0 Å². The fourth-order valence-electron chi connectivity index (χ4n) is 3.21. The number of guanidine groups is 1. The molecule has 1 rings (SSSR count). The van der Waals surface area contributed by atoms with Gasteiger partial charge in [0.2, 0.25) is 5.91 Å². The van der Waals surface area contributed by atoms with Gasteiger partial charge in [0.1, 0.15) is 5.60 Å². The molecule has 0 aromatic rings. The summed E-state index contributed by atoms with van der Waals surface area (Å²) < 4.78 is 5.38. The molecule has 1 atom stereocenters. The molecule has 1 saturated heterocycles. The quantitative estimate of drug-likeness (QED) is 0.263. The molecule has 0 aromatic heterocycles. The number of alkyl carbamates (subject to hydrolysis) is 1. The zero-order valence-electron chi connectivity index (χ0n) is 19.7. The van der Waals surface area contributed by atoms with Crippen molar-refractivity contribution >= 4 is 41.9 Å². The van der Waals surface area contributed by atoms with E-state index in [1.54, 1.807) is 7.05 Å². The van der Waals surface area contributed by atoms with E-state index in [9.17, 15) is 9.59 Å². The number of halogens is 1. The Labute approximate surface area is 199 Å². The van der Waals surface area contributed by atoms with Gasteiger partial charge in [-0.15, -0.1) is 24.0 Å². The monoisotopic (exact) mass is 539 g/mol. The summed E-state index contributed by atoms with van der Waals surface area (Å²) >= 11 is 0. The van der Waals surface area contributed by atoms with Crippen molar-refractivity contribution in [1.29, 1.82) is 0 Å². The number of aliphatic imine (C=N–C) groups is 1. The first-order valence-corrected chi connectivity index (χ1v) is 10.8. The van der Waals surface area contributed by atoms with Crippen LogP contribution in [0.25, 0.3) is 0 Å². The fourth-order valence-corrected chi connectivity index (χ4v) is 3.21. The summed E-state index contributed by atoms with van der Waals surface area (Å²) in [7, 11) is 1.68. The minimum Gasteiger partial charge on any atom is -0.444 e. The molecule has 0 saturated carbocycles. The molecule has 0 radical (unpaired) electrons. The summed E-state index contributed by atoms with van der Waals surface area (Å²) in [4.78, 5) is 30.8. The predicted molar refractivity (Wildman–Crippen MR) is 132 cm³/mol. The van der Waals surface area contributed by atoms with Crippen LogP contribution in [-0.2, 0) is 9.53 Å². The van der Waals surface area contributed by atoms with Crippen molar-refractivity contribution in [2.75, 3.05) is 33.2 Å². The number of ether oxygens (including phenoxy) is 1. The number of nitrogens with zero attached hydrogens (tertiary/aromatic N) is 2. The predicted octanol–water partition coefficient (Wildman–Crippen LogP) is 2.97. The van der Waals surface area contributed by atoms with E-state index in [1.165, 1.54) is 0 Å². The largest absolute Gasteiger partial charge is 0.444 e. The van der Waals surface area contributed by atoms with Crippen LogP contribution in [0.2, 0.25) is 0 Å². The molecule has 30 heavy (non-hydrogen) atoms. The summed E-state index contributed by atoms with van der Waals surface area (Å²) in [5, 5.41) is 9.01. The molecular weight excluding hydrogens is 497 g/mol. The van der Waals surface area contributed by atoms with E-state index in [4.69, 9.17) is 9.73 Å². The summed E-state index contributed by atoms with van der Waals surface area (Å²) in [6.07, 6.45) is 2.13.